The molecule has 0 saturated heterocycles. The van der Waals surface area contributed by atoms with Gasteiger partial charge in [-0.15, -0.1) is 0 Å². The second-order valence-electron chi connectivity index (χ2n) is 2.16. The van der Waals surface area contributed by atoms with Gasteiger partial charge in [-0.2, -0.15) is 0 Å². The molecule has 0 fully saturated rings. The molecule has 0 amide bonds. The quantitative estimate of drug-likeness (QED) is 0.777. The summed E-state index contributed by atoms with van der Waals surface area (Å²) in [5.74, 6) is -2.46. The van der Waals surface area contributed by atoms with Crippen LogP contribution in [0, 0.1) is 0 Å². The van der Waals surface area contributed by atoms with Crippen LogP contribution in [-0.2, 0) is 18.6 Å². The van der Waals surface area contributed by atoms with Crippen LogP contribution in [0.5, 0.6) is 0 Å². The number of rotatable bonds is 2. The van der Waals surface area contributed by atoms with Gasteiger partial charge in [-0.25, -0.2) is 9.59 Å². The Labute approximate surface area is 86.1 Å². The molecule has 0 aliphatic carbocycles. The van der Waals surface area contributed by atoms with Gasteiger partial charge >= 0.3 is 11.9 Å². The molecule has 0 heterocycles. The van der Waals surface area contributed by atoms with Crippen molar-refractivity contribution in [2.45, 2.75) is 0 Å². The Morgan fingerprint density at radius 1 is 0.923 bits per heavy atom. The molecule has 1 aromatic carbocycles. The van der Waals surface area contributed by atoms with Crippen LogP contribution in [0.25, 0.3) is 0 Å². The number of carbonyl (C=O) groups is 2. The molecular weight excluding hydrogens is 211 g/mol. The minimum absolute atomic E-state index is 0. The standard InChI is InChI=1S/C8H6O4.V/c9-7(10)5-3-1-2-4-6(5)8(11)12;/h1-4H,(H,9,10)(H,11,12);. The molecule has 5 heteroatoms. The Morgan fingerprint density at radius 3 is 1.46 bits per heavy atom. The average molecular weight is 217 g/mol. The summed E-state index contributed by atoms with van der Waals surface area (Å²) < 4.78 is 0. The monoisotopic (exact) mass is 217 g/mol. The normalized spacial score (nSPS) is 8.62. The SMILES string of the molecule is O=C(O)c1ccccc1C(=O)O.[V]. The van der Waals surface area contributed by atoms with Crippen molar-refractivity contribution in [1.82, 2.24) is 0 Å². The van der Waals surface area contributed by atoms with Crippen LogP contribution in [0.3, 0.4) is 0 Å². The fourth-order valence-corrected chi connectivity index (χ4v) is 0.856. The minimum Gasteiger partial charge on any atom is -0.478 e. The Balaban J connectivity index is 0.00000144. The third kappa shape index (κ3) is 2.61. The van der Waals surface area contributed by atoms with Gasteiger partial charge < -0.3 is 10.2 Å². The van der Waals surface area contributed by atoms with Crippen molar-refractivity contribution in [2.24, 2.45) is 0 Å². The van der Waals surface area contributed by atoms with E-state index in [1.54, 1.807) is 0 Å². The summed E-state index contributed by atoms with van der Waals surface area (Å²) in [4.78, 5) is 20.9. The zero-order valence-corrected chi connectivity index (χ0v) is 7.86. The molecular formula is C8H6O4V. The predicted octanol–water partition coefficient (Wildman–Crippen LogP) is 1.08. The molecule has 1 radical (unpaired) electrons. The van der Waals surface area contributed by atoms with E-state index in [2.05, 4.69) is 0 Å². The maximum Gasteiger partial charge on any atom is 0.336 e. The summed E-state index contributed by atoms with van der Waals surface area (Å²) >= 11 is 0. The Hall–Kier alpha value is -1.26. The maximum absolute atomic E-state index is 10.5. The molecule has 67 valence electrons. The van der Waals surface area contributed by atoms with E-state index in [1.165, 1.54) is 24.3 Å². The van der Waals surface area contributed by atoms with Gasteiger partial charge in [0.25, 0.3) is 0 Å². The second kappa shape index (κ2) is 4.69. The zero-order valence-electron chi connectivity index (χ0n) is 6.47. The van der Waals surface area contributed by atoms with Gasteiger partial charge in [0, 0.05) is 18.6 Å². The van der Waals surface area contributed by atoms with Gasteiger partial charge in [-0.05, 0) is 12.1 Å². The van der Waals surface area contributed by atoms with Crippen molar-refractivity contribution in [2.75, 3.05) is 0 Å². The fourth-order valence-electron chi connectivity index (χ4n) is 0.856. The maximum atomic E-state index is 10.5. The number of benzene rings is 1. The average Bonchev–Trinajstić information content (AvgIpc) is 2.04. The summed E-state index contributed by atoms with van der Waals surface area (Å²) in [6, 6.07) is 5.48. The van der Waals surface area contributed by atoms with Crippen molar-refractivity contribution in [3.8, 4) is 0 Å². The van der Waals surface area contributed by atoms with E-state index in [0.29, 0.717) is 0 Å². The van der Waals surface area contributed by atoms with Crippen molar-refractivity contribution in [3.05, 3.63) is 35.4 Å². The van der Waals surface area contributed by atoms with E-state index in [-0.39, 0.29) is 29.7 Å². The van der Waals surface area contributed by atoms with E-state index >= 15 is 0 Å². The third-order valence-corrected chi connectivity index (χ3v) is 1.39. The number of hydrogen-bond donors (Lipinski definition) is 2. The Bertz CT molecular complexity index is 302. The first-order valence-electron chi connectivity index (χ1n) is 3.18. The molecule has 0 unspecified atom stereocenters. The third-order valence-electron chi connectivity index (χ3n) is 1.39. The molecule has 13 heavy (non-hydrogen) atoms. The van der Waals surface area contributed by atoms with E-state index in [4.69, 9.17) is 10.2 Å². The van der Waals surface area contributed by atoms with E-state index < -0.39 is 11.9 Å². The van der Waals surface area contributed by atoms with Crippen LogP contribution in [0.2, 0.25) is 0 Å². The molecule has 1 aromatic rings. The number of aromatic carboxylic acids is 2. The van der Waals surface area contributed by atoms with E-state index in [9.17, 15) is 9.59 Å². The van der Waals surface area contributed by atoms with Crippen molar-refractivity contribution >= 4 is 11.9 Å². The topological polar surface area (TPSA) is 74.6 Å². The first-order chi connectivity index (χ1) is 5.63. The second-order valence-corrected chi connectivity index (χ2v) is 2.16. The minimum atomic E-state index is -1.23. The molecule has 0 aliphatic heterocycles. The van der Waals surface area contributed by atoms with Gasteiger partial charge in [0.1, 0.15) is 0 Å². The summed E-state index contributed by atoms with van der Waals surface area (Å²) in [6.45, 7) is 0. The van der Waals surface area contributed by atoms with Gasteiger partial charge in [-0.1, -0.05) is 12.1 Å². The smallest absolute Gasteiger partial charge is 0.336 e. The van der Waals surface area contributed by atoms with E-state index in [1.807, 2.05) is 0 Å². The first-order valence-corrected chi connectivity index (χ1v) is 3.18. The van der Waals surface area contributed by atoms with Gasteiger partial charge in [0.2, 0.25) is 0 Å². The molecule has 0 aliphatic rings. The Morgan fingerprint density at radius 2 is 1.23 bits per heavy atom. The zero-order chi connectivity index (χ0) is 9.14. The summed E-state index contributed by atoms with van der Waals surface area (Å²) in [5, 5.41) is 17.1. The molecule has 0 atom stereocenters. The number of carboxylic acid groups (broad SMARTS) is 2. The van der Waals surface area contributed by atoms with Crippen LogP contribution < -0.4 is 0 Å². The van der Waals surface area contributed by atoms with Gasteiger partial charge in [-0.3, -0.25) is 0 Å². The number of hydrogen-bond acceptors (Lipinski definition) is 2. The molecule has 4 nitrogen and oxygen atoms in total. The molecule has 0 saturated carbocycles. The Kier molecular flexibility index (Phi) is 4.24. The van der Waals surface area contributed by atoms with Crippen LogP contribution in [0.1, 0.15) is 20.7 Å². The summed E-state index contributed by atoms with van der Waals surface area (Å²) in [5.41, 5.74) is -0.380. The van der Waals surface area contributed by atoms with Gasteiger partial charge in [0.15, 0.2) is 0 Å². The molecule has 0 aromatic heterocycles. The first kappa shape index (κ1) is 11.7. The van der Waals surface area contributed by atoms with Crippen LogP contribution in [0.4, 0.5) is 0 Å². The van der Waals surface area contributed by atoms with Crippen LogP contribution >= 0.6 is 0 Å². The summed E-state index contributed by atoms with van der Waals surface area (Å²) in [6.07, 6.45) is 0. The van der Waals surface area contributed by atoms with Gasteiger partial charge in [0.05, 0.1) is 11.1 Å². The fraction of sp³-hybridized carbons (Fsp3) is 0. The molecule has 0 bridgehead atoms. The van der Waals surface area contributed by atoms with Crippen LogP contribution in [-0.4, -0.2) is 22.2 Å². The van der Waals surface area contributed by atoms with Crippen molar-refractivity contribution < 1.29 is 38.4 Å². The molecule has 1 rings (SSSR count). The van der Waals surface area contributed by atoms with E-state index in [0.717, 1.165) is 0 Å². The molecule has 2 N–H and O–H groups in total. The van der Waals surface area contributed by atoms with Crippen molar-refractivity contribution in [3.63, 3.8) is 0 Å². The number of carboxylic acids is 2. The largest absolute Gasteiger partial charge is 0.478 e. The summed E-state index contributed by atoms with van der Waals surface area (Å²) in [7, 11) is 0. The van der Waals surface area contributed by atoms with Crippen LogP contribution in [0.15, 0.2) is 24.3 Å². The van der Waals surface area contributed by atoms with Crippen molar-refractivity contribution in [1.29, 1.82) is 0 Å². The predicted molar refractivity (Wildman–Crippen MR) is 40.4 cm³/mol. The molecule has 0 spiro atoms.